The third-order valence-corrected chi connectivity index (χ3v) is 1.65. The van der Waals surface area contributed by atoms with Crippen LogP contribution in [0.3, 0.4) is 0 Å². The SMILES string of the molecule is CC(O)C(C)C(N)CO. The predicted molar refractivity (Wildman–Crippen MR) is 35.9 cm³/mol. The van der Waals surface area contributed by atoms with E-state index in [0.717, 1.165) is 0 Å². The van der Waals surface area contributed by atoms with Crippen molar-refractivity contribution in [2.45, 2.75) is 26.0 Å². The monoisotopic (exact) mass is 133 g/mol. The molecule has 0 aromatic carbocycles. The molecule has 0 rings (SSSR count). The lowest BCUT2D eigenvalue weighted by atomic mass is 9.98. The second-order valence-corrected chi connectivity index (χ2v) is 2.45. The zero-order valence-corrected chi connectivity index (χ0v) is 5.91. The van der Waals surface area contributed by atoms with Crippen LogP contribution in [0, 0.1) is 5.92 Å². The smallest absolute Gasteiger partial charge is 0.0586 e. The Morgan fingerprint density at radius 2 is 1.89 bits per heavy atom. The summed E-state index contributed by atoms with van der Waals surface area (Å²) in [6.07, 6.45) is -0.438. The summed E-state index contributed by atoms with van der Waals surface area (Å²) in [6, 6.07) is -0.301. The predicted octanol–water partition coefficient (Wildman–Crippen LogP) is -0.677. The van der Waals surface area contributed by atoms with E-state index < -0.39 is 6.10 Å². The van der Waals surface area contributed by atoms with Crippen molar-refractivity contribution >= 4 is 0 Å². The fourth-order valence-electron chi connectivity index (χ4n) is 0.524. The van der Waals surface area contributed by atoms with Gasteiger partial charge in [-0.2, -0.15) is 0 Å². The molecule has 0 spiro atoms. The molecular formula is C6H15NO2. The molecule has 0 bridgehead atoms. The minimum atomic E-state index is -0.438. The molecule has 9 heavy (non-hydrogen) atoms. The van der Waals surface area contributed by atoms with Crippen LogP contribution >= 0.6 is 0 Å². The Morgan fingerprint density at radius 3 is 2.00 bits per heavy atom. The minimum absolute atomic E-state index is 0.0324. The van der Waals surface area contributed by atoms with Gasteiger partial charge in [0.2, 0.25) is 0 Å². The number of aliphatic hydroxyl groups excluding tert-OH is 2. The van der Waals surface area contributed by atoms with Crippen molar-refractivity contribution in [2.75, 3.05) is 6.61 Å². The molecule has 0 amide bonds. The average molecular weight is 133 g/mol. The van der Waals surface area contributed by atoms with Gasteiger partial charge < -0.3 is 15.9 Å². The largest absolute Gasteiger partial charge is 0.395 e. The van der Waals surface area contributed by atoms with Crippen molar-refractivity contribution in [3.05, 3.63) is 0 Å². The van der Waals surface area contributed by atoms with E-state index in [2.05, 4.69) is 0 Å². The van der Waals surface area contributed by atoms with Gasteiger partial charge in [-0.1, -0.05) is 6.92 Å². The van der Waals surface area contributed by atoms with Crippen LogP contribution in [-0.2, 0) is 0 Å². The zero-order chi connectivity index (χ0) is 7.44. The first-order valence-electron chi connectivity index (χ1n) is 3.14. The molecule has 3 heteroatoms. The van der Waals surface area contributed by atoms with E-state index in [9.17, 15) is 0 Å². The topological polar surface area (TPSA) is 66.5 Å². The highest BCUT2D eigenvalue weighted by molar-refractivity contribution is 4.71. The summed E-state index contributed by atoms with van der Waals surface area (Å²) >= 11 is 0. The van der Waals surface area contributed by atoms with Gasteiger partial charge in [0, 0.05) is 6.04 Å². The summed E-state index contributed by atoms with van der Waals surface area (Å²) in [4.78, 5) is 0. The van der Waals surface area contributed by atoms with Gasteiger partial charge in [-0.25, -0.2) is 0 Å². The van der Waals surface area contributed by atoms with E-state index >= 15 is 0 Å². The van der Waals surface area contributed by atoms with Gasteiger partial charge in [-0.05, 0) is 12.8 Å². The summed E-state index contributed by atoms with van der Waals surface area (Å²) in [7, 11) is 0. The summed E-state index contributed by atoms with van der Waals surface area (Å²) in [5, 5.41) is 17.4. The molecule has 0 saturated heterocycles. The lowest BCUT2D eigenvalue weighted by Crippen LogP contribution is -2.37. The normalized spacial score (nSPS) is 21.0. The van der Waals surface area contributed by atoms with Gasteiger partial charge in [0.25, 0.3) is 0 Å². The molecule has 56 valence electrons. The average Bonchev–Trinajstić information content (AvgIpc) is 1.84. The minimum Gasteiger partial charge on any atom is -0.395 e. The summed E-state index contributed by atoms with van der Waals surface area (Å²) in [5.41, 5.74) is 5.41. The van der Waals surface area contributed by atoms with Crippen LogP contribution in [0.5, 0.6) is 0 Å². The Morgan fingerprint density at radius 1 is 1.44 bits per heavy atom. The second kappa shape index (κ2) is 3.82. The highest BCUT2D eigenvalue weighted by Crippen LogP contribution is 2.04. The molecule has 0 saturated carbocycles. The Labute approximate surface area is 55.5 Å². The maximum Gasteiger partial charge on any atom is 0.0586 e. The molecule has 0 heterocycles. The van der Waals surface area contributed by atoms with Crippen LogP contribution in [-0.4, -0.2) is 29.0 Å². The Bertz CT molecular complexity index is 75.5. The van der Waals surface area contributed by atoms with Crippen LogP contribution in [0.1, 0.15) is 13.8 Å². The molecule has 0 aromatic rings. The Hall–Kier alpha value is -0.120. The highest BCUT2D eigenvalue weighted by atomic mass is 16.3. The molecular weight excluding hydrogens is 118 g/mol. The van der Waals surface area contributed by atoms with Crippen molar-refractivity contribution in [1.29, 1.82) is 0 Å². The zero-order valence-electron chi connectivity index (χ0n) is 5.91. The van der Waals surface area contributed by atoms with Crippen LogP contribution in [0.25, 0.3) is 0 Å². The van der Waals surface area contributed by atoms with E-state index in [0.29, 0.717) is 0 Å². The van der Waals surface area contributed by atoms with Gasteiger partial charge >= 0.3 is 0 Å². The molecule has 0 aliphatic heterocycles. The molecule has 0 aliphatic carbocycles. The molecule has 0 aromatic heterocycles. The van der Waals surface area contributed by atoms with Gasteiger partial charge in [0.1, 0.15) is 0 Å². The molecule has 3 nitrogen and oxygen atoms in total. The fourth-order valence-corrected chi connectivity index (χ4v) is 0.524. The van der Waals surface area contributed by atoms with Crippen LogP contribution < -0.4 is 5.73 Å². The Kier molecular flexibility index (Phi) is 3.77. The van der Waals surface area contributed by atoms with Crippen molar-refractivity contribution < 1.29 is 10.2 Å². The maximum absolute atomic E-state index is 8.93. The van der Waals surface area contributed by atoms with Crippen molar-refractivity contribution in [3.8, 4) is 0 Å². The lowest BCUT2D eigenvalue weighted by molar-refractivity contribution is 0.0998. The number of nitrogens with two attached hydrogens (primary N) is 1. The Balaban J connectivity index is 3.58. The van der Waals surface area contributed by atoms with Crippen molar-refractivity contribution in [2.24, 2.45) is 11.7 Å². The van der Waals surface area contributed by atoms with Crippen LogP contribution in [0.4, 0.5) is 0 Å². The first kappa shape index (κ1) is 8.88. The first-order valence-corrected chi connectivity index (χ1v) is 3.14. The van der Waals surface area contributed by atoms with Crippen LogP contribution in [0.15, 0.2) is 0 Å². The summed E-state index contributed by atoms with van der Waals surface area (Å²) < 4.78 is 0. The molecule has 3 atom stereocenters. The number of aliphatic hydroxyl groups is 2. The van der Waals surface area contributed by atoms with E-state index in [1.807, 2.05) is 6.92 Å². The van der Waals surface area contributed by atoms with Crippen molar-refractivity contribution in [3.63, 3.8) is 0 Å². The molecule has 4 N–H and O–H groups in total. The van der Waals surface area contributed by atoms with Gasteiger partial charge in [-0.15, -0.1) is 0 Å². The molecule has 0 radical (unpaired) electrons. The second-order valence-electron chi connectivity index (χ2n) is 2.45. The van der Waals surface area contributed by atoms with E-state index in [1.165, 1.54) is 0 Å². The van der Waals surface area contributed by atoms with Gasteiger partial charge in [0.05, 0.1) is 12.7 Å². The molecule has 3 unspecified atom stereocenters. The van der Waals surface area contributed by atoms with Gasteiger partial charge in [-0.3, -0.25) is 0 Å². The molecule has 0 fully saturated rings. The fraction of sp³-hybridized carbons (Fsp3) is 1.00. The molecule has 0 aliphatic rings. The van der Waals surface area contributed by atoms with Crippen molar-refractivity contribution in [1.82, 2.24) is 0 Å². The third-order valence-electron chi connectivity index (χ3n) is 1.65. The summed E-state index contributed by atoms with van der Waals surface area (Å²) in [5.74, 6) is -0.0324. The maximum atomic E-state index is 8.93. The first-order chi connectivity index (χ1) is 4.09. The summed E-state index contributed by atoms with van der Waals surface area (Å²) in [6.45, 7) is 3.41. The highest BCUT2D eigenvalue weighted by Gasteiger charge is 2.15. The van der Waals surface area contributed by atoms with Crippen LogP contribution in [0.2, 0.25) is 0 Å². The standard InChI is InChI=1S/C6H15NO2/c1-4(5(2)9)6(7)3-8/h4-6,8-9H,3,7H2,1-2H3. The van der Waals surface area contributed by atoms with E-state index in [4.69, 9.17) is 15.9 Å². The third kappa shape index (κ3) is 2.79. The van der Waals surface area contributed by atoms with E-state index in [1.54, 1.807) is 6.92 Å². The number of hydrogen-bond donors (Lipinski definition) is 3. The lowest BCUT2D eigenvalue weighted by Gasteiger charge is -2.19. The quantitative estimate of drug-likeness (QED) is 0.478. The van der Waals surface area contributed by atoms with Gasteiger partial charge in [0.15, 0.2) is 0 Å². The van der Waals surface area contributed by atoms with E-state index in [-0.39, 0.29) is 18.6 Å². The number of rotatable bonds is 3. The number of hydrogen-bond acceptors (Lipinski definition) is 3.